The van der Waals surface area contributed by atoms with Gasteiger partial charge >= 0.3 is 6.18 Å². The largest absolute Gasteiger partial charge is 0.416 e. The van der Waals surface area contributed by atoms with E-state index in [0.29, 0.717) is 23.3 Å². The molecule has 2 amide bonds. The number of anilines is 1. The van der Waals surface area contributed by atoms with Gasteiger partial charge in [0.25, 0.3) is 11.8 Å². The predicted molar refractivity (Wildman–Crippen MR) is 139 cm³/mol. The maximum Gasteiger partial charge on any atom is 0.416 e. The molecule has 210 valence electrons. The summed E-state index contributed by atoms with van der Waals surface area (Å²) in [5.41, 5.74) is 4.96. The number of nitrogens with zero attached hydrogens (tertiary/aromatic N) is 2. The molecule has 0 bridgehead atoms. The summed E-state index contributed by atoms with van der Waals surface area (Å²) in [5, 5.41) is 7.05. The molecular formula is C28H19ClF5N5O2. The molecular weight excluding hydrogens is 569 g/mol. The van der Waals surface area contributed by atoms with Gasteiger partial charge in [-0.15, -0.1) is 0 Å². The van der Waals surface area contributed by atoms with Gasteiger partial charge < -0.3 is 5.32 Å². The smallest absolute Gasteiger partial charge is 0.322 e. The lowest BCUT2D eigenvalue weighted by Gasteiger charge is -2.30. The van der Waals surface area contributed by atoms with Gasteiger partial charge in [0.15, 0.2) is 0 Å². The Kier molecular flexibility index (Phi) is 6.54. The summed E-state index contributed by atoms with van der Waals surface area (Å²) in [6.07, 6.45) is 0.439. The second-order valence-electron chi connectivity index (χ2n) is 9.80. The Hall–Kier alpha value is -4.29. The number of carbonyl (C=O) groups is 2. The zero-order chi connectivity index (χ0) is 29.1. The number of carbonyl (C=O) groups excluding carboxylic acids is 2. The molecule has 0 saturated heterocycles. The molecule has 1 aromatic heterocycles. The van der Waals surface area contributed by atoms with Gasteiger partial charge in [0, 0.05) is 39.2 Å². The van der Waals surface area contributed by atoms with Crippen LogP contribution in [0.4, 0.5) is 27.6 Å². The van der Waals surface area contributed by atoms with Crippen molar-refractivity contribution in [3.05, 3.63) is 105 Å². The van der Waals surface area contributed by atoms with Gasteiger partial charge in [0.1, 0.15) is 11.6 Å². The summed E-state index contributed by atoms with van der Waals surface area (Å²) in [4.78, 5) is 26.3. The quantitative estimate of drug-likeness (QED) is 0.235. The molecule has 2 aliphatic rings. The van der Waals surface area contributed by atoms with Crippen LogP contribution >= 0.6 is 11.6 Å². The van der Waals surface area contributed by atoms with Crippen molar-refractivity contribution in [3.63, 3.8) is 0 Å². The van der Waals surface area contributed by atoms with Crippen LogP contribution in [0, 0.1) is 11.6 Å². The summed E-state index contributed by atoms with van der Waals surface area (Å²) in [7, 11) is 0. The third kappa shape index (κ3) is 5.27. The van der Waals surface area contributed by atoms with E-state index < -0.39 is 46.8 Å². The van der Waals surface area contributed by atoms with Gasteiger partial charge in [-0.2, -0.15) is 18.3 Å². The lowest BCUT2D eigenvalue weighted by Crippen LogP contribution is -2.46. The fraction of sp³-hybridized carbons (Fsp3) is 0.179. The fourth-order valence-electron chi connectivity index (χ4n) is 4.77. The standard InChI is InChI=1S/C28H19ClF5N5O2/c29-22-4-1-17(30)10-20(22)25-24-21(27(41)38-37-25)7-13(15-11-35-39(12-15)19-2-3-19)8-23(24)36-26(40)14-5-16(28(32,33)34)9-18(31)6-14/h1,4-12,19,25,37H,2-3H2,(H,36,40)(H,38,41). The summed E-state index contributed by atoms with van der Waals surface area (Å²) in [6, 6.07) is 7.51. The average molecular weight is 588 g/mol. The number of amides is 2. The van der Waals surface area contributed by atoms with Crippen molar-refractivity contribution in [1.29, 1.82) is 0 Å². The minimum absolute atomic E-state index is 0.0205. The number of hydrogen-bond donors (Lipinski definition) is 3. The van der Waals surface area contributed by atoms with E-state index in [1.54, 1.807) is 23.1 Å². The number of rotatable bonds is 5. The highest BCUT2D eigenvalue weighted by atomic mass is 35.5. The fourth-order valence-corrected chi connectivity index (χ4v) is 5.00. The molecule has 7 nitrogen and oxygen atoms in total. The number of fused-ring (bicyclic) bond motifs is 1. The molecule has 0 spiro atoms. The minimum Gasteiger partial charge on any atom is -0.322 e. The molecule has 13 heteroatoms. The van der Waals surface area contributed by atoms with Crippen LogP contribution in [0.5, 0.6) is 0 Å². The number of nitrogens with one attached hydrogen (secondary N) is 3. The summed E-state index contributed by atoms with van der Waals surface area (Å²) in [6.45, 7) is 0. The van der Waals surface area contributed by atoms with Crippen molar-refractivity contribution in [2.24, 2.45) is 0 Å². The topological polar surface area (TPSA) is 88.1 Å². The van der Waals surface area contributed by atoms with E-state index in [1.807, 2.05) is 0 Å². The van der Waals surface area contributed by atoms with E-state index >= 15 is 0 Å². The Balaban J connectivity index is 1.50. The first kappa shape index (κ1) is 26.9. The molecule has 4 aromatic rings. The lowest BCUT2D eigenvalue weighted by molar-refractivity contribution is -0.137. The van der Waals surface area contributed by atoms with Gasteiger partial charge in [-0.05, 0) is 72.5 Å². The van der Waals surface area contributed by atoms with Crippen molar-refractivity contribution in [2.45, 2.75) is 31.1 Å². The highest BCUT2D eigenvalue weighted by molar-refractivity contribution is 6.31. The second-order valence-corrected chi connectivity index (χ2v) is 10.2. The molecule has 1 aliphatic heterocycles. The predicted octanol–water partition coefficient (Wildman–Crippen LogP) is 6.43. The molecule has 41 heavy (non-hydrogen) atoms. The number of benzene rings is 3. The molecule has 6 rings (SSSR count). The molecule has 3 aromatic carbocycles. The van der Waals surface area contributed by atoms with Crippen LogP contribution in [0.25, 0.3) is 11.1 Å². The molecule has 3 N–H and O–H groups in total. The van der Waals surface area contributed by atoms with Crippen molar-refractivity contribution in [1.82, 2.24) is 20.6 Å². The number of hydrogen-bond acceptors (Lipinski definition) is 4. The van der Waals surface area contributed by atoms with Gasteiger partial charge in [-0.3, -0.25) is 19.7 Å². The van der Waals surface area contributed by atoms with E-state index in [4.69, 9.17) is 11.6 Å². The van der Waals surface area contributed by atoms with E-state index in [2.05, 4.69) is 21.3 Å². The van der Waals surface area contributed by atoms with Crippen LogP contribution in [0.3, 0.4) is 0 Å². The highest BCUT2D eigenvalue weighted by Gasteiger charge is 2.34. The highest BCUT2D eigenvalue weighted by Crippen LogP contribution is 2.41. The average Bonchev–Trinajstić information content (AvgIpc) is 3.66. The first-order valence-electron chi connectivity index (χ1n) is 12.4. The normalized spacial score (nSPS) is 16.7. The molecule has 1 aliphatic carbocycles. The monoisotopic (exact) mass is 587 g/mol. The number of aromatic nitrogens is 2. The number of alkyl halides is 3. The Labute approximate surface area is 234 Å². The van der Waals surface area contributed by atoms with Gasteiger partial charge in [0.05, 0.1) is 23.8 Å². The van der Waals surface area contributed by atoms with Gasteiger partial charge in [-0.25, -0.2) is 14.2 Å². The zero-order valence-electron chi connectivity index (χ0n) is 20.8. The van der Waals surface area contributed by atoms with Crippen molar-refractivity contribution in [3.8, 4) is 11.1 Å². The molecule has 1 atom stereocenters. The Morgan fingerprint density at radius 2 is 1.80 bits per heavy atom. The number of hydrazine groups is 1. The Bertz CT molecular complexity index is 1720. The molecule has 1 unspecified atom stereocenters. The Morgan fingerprint density at radius 1 is 1.02 bits per heavy atom. The van der Waals surface area contributed by atoms with Crippen LogP contribution in [0.15, 0.2) is 60.9 Å². The van der Waals surface area contributed by atoms with Crippen molar-refractivity contribution >= 4 is 29.1 Å². The van der Waals surface area contributed by atoms with Gasteiger partial charge in [-0.1, -0.05) is 11.6 Å². The Morgan fingerprint density at radius 3 is 2.54 bits per heavy atom. The van der Waals surface area contributed by atoms with E-state index in [9.17, 15) is 31.5 Å². The van der Waals surface area contributed by atoms with Crippen LogP contribution in [0.2, 0.25) is 5.02 Å². The van der Waals surface area contributed by atoms with Crippen molar-refractivity contribution in [2.75, 3.05) is 5.32 Å². The first-order chi connectivity index (χ1) is 19.5. The SMILES string of the molecule is O=C(Nc1cc(-c2cnn(C3CC3)c2)cc2c1C(c1cc(F)ccc1Cl)NNC2=O)c1cc(F)cc(C(F)(F)F)c1. The van der Waals surface area contributed by atoms with Crippen LogP contribution in [-0.2, 0) is 6.18 Å². The molecule has 1 saturated carbocycles. The van der Waals surface area contributed by atoms with E-state index in [0.717, 1.165) is 25.0 Å². The van der Waals surface area contributed by atoms with E-state index in [1.165, 1.54) is 12.1 Å². The molecule has 0 radical (unpaired) electrons. The van der Waals surface area contributed by atoms with Crippen LogP contribution in [0.1, 0.15) is 62.3 Å². The summed E-state index contributed by atoms with van der Waals surface area (Å²) >= 11 is 6.36. The number of halogens is 6. The third-order valence-electron chi connectivity index (χ3n) is 6.90. The summed E-state index contributed by atoms with van der Waals surface area (Å²) < 4.78 is 70.1. The third-order valence-corrected chi connectivity index (χ3v) is 7.25. The summed E-state index contributed by atoms with van der Waals surface area (Å²) in [5.74, 6) is -3.50. The maximum absolute atomic E-state index is 14.2. The maximum atomic E-state index is 14.2. The van der Waals surface area contributed by atoms with Crippen molar-refractivity contribution < 1.29 is 31.5 Å². The molecule has 1 fully saturated rings. The second kappa shape index (κ2) is 9.96. The van der Waals surface area contributed by atoms with Crippen LogP contribution < -0.4 is 16.2 Å². The lowest BCUT2D eigenvalue weighted by atomic mass is 9.88. The zero-order valence-corrected chi connectivity index (χ0v) is 21.6. The minimum atomic E-state index is -4.89. The molecule has 2 heterocycles. The van der Waals surface area contributed by atoms with Crippen LogP contribution in [-0.4, -0.2) is 21.6 Å². The first-order valence-corrected chi connectivity index (χ1v) is 12.8. The van der Waals surface area contributed by atoms with E-state index in [-0.39, 0.29) is 39.5 Å². The van der Waals surface area contributed by atoms with Gasteiger partial charge in [0.2, 0.25) is 0 Å².